The predicted molar refractivity (Wildman–Crippen MR) is 65.4 cm³/mol. The molecule has 0 amide bonds. The highest BCUT2D eigenvalue weighted by atomic mass is 16.1. The summed E-state index contributed by atoms with van der Waals surface area (Å²) in [5.74, 6) is 0.429. The molecular weight excluding hydrogens is 198 g/mol. The third-order valence-electron chi connectivity index (χ3n) is 3.50. The van der Waals surface area contributed by atoms with E-state index in [1.54, 1.807) is 0 Å². The van der Waals surface area contributed by atoms with Gasteiger partial charge in [0, 0.05) is 17.5 Å². The molecule has 1 fully saturated rings. The zero-order chi connectivity index (χ0) is 11.5. The lowest BCUT2D eigenvalue weighted by molar-refractivity contribution is 0.0881. The first-order valence-electron chi connectivity index (χ1n) is 6.04. The number of nitrogens with two attached hydrogens (primary N) is 1. The van der Waals surface area contributed by atoms with E-state index in [9.17, 15) is 4.79 Å². The van der Waals surface area contributed by atoms with Crippen LogP contribution in [0.15, 0.2) is 24.3 Å². The van der Waals surface area contributed by atoms with Crippen LogP contribution in [0.2, 0.25) is 0 Å². The van der Waals surface area contributed by atoms with Crippen molar-refractivity contribution in [3.8, 4) is 0 Å². The van der Waals surface area contributed by atoms with Crippen LogP contribution in [0.4, 0.5) is 0 Å². The maximum Gasteiger partial charge on any atom is 0.166 e. The molecule has 1 aliphatic carbocycles. The summed E-state index contributed by atoms with van der Waals surface area (Å²) in [5, 5.41) is 0. The Bertz CT molecular complexity index is 386. The van der Waals surface area contributed by atoms with Gasteiger partial charge in [0.2, 0.25) is 0 Å². The average Bonchev–Trinajstić information content (AvgIpc) is 2.29. The van der Waals surface area contributed by atoms with Gasteiger partial charge in [-0.05, 0) is 31.7 Å². The number of carbonyl (C=O) groups excluding carboxylic acids is 1. The van der Waals surface area contributed by atoms with Gasteiger partial charge >= 0.3 is 0 Å². The number of carbonyl (C=O) groups is 1. The first-order chi connectivity index (χ1) is 7.68. The molecule has 0 aromatic heterocycles. The van der Waals surface area contributed by atoms with Crippen LogP contribution in [0.3, 0.4) is 0 Å². The molecule has 2 heteroatoms. The van der Waals surface area contributed by atoms with Crippen LogP contribution in [0.25, 0.3) is 0 Å². The number of Topliss-reactive ketones (excluding diaryl/α,β-unsaturated/α-hetero) is 1. The summed E-state index contributed by atoms with van der Waals surface area (Å²) in [4.78, 5) is 12.3. The highest BCUT2D eigenvalue weighted by Gasteiger charge is 2.26. The third-order valence-corrected chi connectivity index (χ3v) is 3.50. The number of rotatable bonds is 2. The van der Waals surface area contributed by atoms with Gasteiger partial charge in [-0.25, -0.2) is 0 Å². The van der Waals surface area contributed by atoms with Gasteiger partial charge in [-0.1, -0.05) is 30.7 Å². The zero-order valence-electron chi connectivity index (χ0n) is 9.78. The Hall–Kier alpha value is -1.15. The number of ketones is 1. The molecule has 86 valence electrons. The molecule has 2 atom stereocenters. The summed E-state index contributed by atoms with van der Waals surface area (Å²) in [6.07, 6.45) is 4.01. The van der Waals surface area contributed by atoms with Crippen LogP contribution in [-0.4, -0.2) is 11.8 Å². The van der Waals surface area contributed by atoms with Gasteiger partial charge in [-0.2, -0.15) is 0 Å². The van der Waals surface area contributed by atoms with Crippen molar-refractivity contribution in [3.05, 3.63) is 35.4 Å². The molecule has 2 nitrogen and oxygen atoms in total. The van der Waals surface area contributed by atoms with E-state index in [4.69, 9.17) is 5.73 Å². The Kier molecular flexibility index (Phi) is 3.39. The fraction of sp³-hybridized carbons (Fsp3) is 0.500. The number of benzene rings is 1. The van der Waals surface area contributed by atoms with E-state index in [1.165, 1.54) is 0 Å². The van der Waals surface area contributed by atoms with Crippen LogP contribution < -0.4 is 5.73 Å². The van der Waals surface area contributed by atoms with Gasteiger partial charge in [0.25, 0.3) is 0 Å². The van der Waals surface area contributed by atoms with Crippen molar-refractivity contribution in [2.45, 2.75) is 38.6 Å². The van der Waals surface area contributed by atoms with E-state index in [1.807, 2.05) is 31.2 Å². The Labute approximate surface area is 96.8 Å². The second-order valence-electron chi connectivity index (χ2n) is 4.80. The van der Waals surface area contributed by atoms with Crippen LogP contribution >= 0.6 is 0 Å². The van der Waals surface area contributed by atoms with Gasteiger partial charge < -0.3 is 5.73 Å². The fourth-order valence-corrected chi connectivity index (χ4v) is 2.53. The van der Waals surface area contributed by atoms with E-state index < -0.39 is 0 Å². The summed E-state index contributed by atoms with van der Waals surface area (Å²) < 4.78 is 0. The normalized spacial score (nSPS) is 25.4. The quantitative estimate of drug-likeness (QED) is 0.774. The van der Waals surface area contributed by atoms with Gasteiger partial charge in [-0.15, -0.1) is 0 Å². The first-order valence-corrected chi connectivity index (χ1v) is 6.04. The van der Waals surface area contributed by atoms with Gasteiger partial charge in [0.05, 0.1) is 0 Å². The maximum atomic E-state index is 12.3. The van der Waals surface area contributed by atoms with E-state index in [0.717, 1.165) is 36.8 Å². The lowest BCUT2D eigenvalue weighted by Crippen LogP contribution is -2.31. The van der Waals surface area contributed by atoms with Crippen molar-refractivity contribution in [2.75, 3.05) is 0 Å². The molecule has 1 saturated carbocycles. The summed E-state index contributed by atoms with van der Waals surface area (Å²) >= 11 is 0. The standard InChI is InChI=1S/C14H19NO/c1-10-5-2-3-8-13(10)14(16)11-6-4-7-12(15)9-11/h2-3,5,8,11-12H,4,6-7,9,15H2,1H3. The van der Waals surface area contributed by atoms with E-state index in [2.05, 4.69) is 0 Å². The van der Waals surface area contributed by atoms with Crippen LogP contribution in [0.5, 0.6) is 0 Å². The monoisotopic (exact) mass is 217 g/mol. The fourth-order valence-electron chi connectivity index (χ4n) is 2.53. The number of aryl methyl sites for hydroxylation is 1. The minimum Gasteiger partial charge on any atom is -0.328 e. The number of hydrogen-bond acceptors (Lipinski definition) is 2. The van der Waals surface area contributed by atoms with Crippen molar-refractivity contribution < 1.29 is 4.79 Å². The van der Waals surface area contributed by atoms with Crippen molar-refractivity contribution in [1.82, 2.24) is 0 Å². The van der Waals surface area contributed by atoms with Gasteiger partial charge in [0.1, 0.15) is 0 Å². The topological polar surface area (TPSA) is 43.1 Å². The minimum absolute atomic E-state index is 0.143. The first kappa shape index (κ1) is 11.3. The maximum absolute atomic E-state index is 12.3. The lowest BCUT2D eigenvalue weighted by atomic mass is 9.81. The molecular formula is C14H19NO. The smallest absolute Gasteiger partial charge is 0.166 e. The third kappa shape index (κ3) is 2.33. The Morgan fingerprint density at radius 3 is 2.75 bits per heavy atom. The lowest BCUT2D eigenvalue weighted by Gasteiger charge is -2.25. The molecule has 2 rings (SSSR count). The minimum atomic E-state index is 0.143. The van der Waals surface area contributed by atoms with Gasteiger partial charge in [-0.3, -0.25) is 4.79 Å². The van der Waals surface area contributed by atoms with E-state index in [-0.39, 0.29) is 17.7 Å². The highest BCUT2D eigenvalue weighted by Crippen LogP contribution is 2.27. The molecule has 1 aromatic rings. The van der Waals surface area contributed by atoms with Crippen molar-refractivity contribution in [2.24, 2.45) is 11.7 Å². The Balaban J connectivity index is 2.16. The molecule has 0 saturated heterocycles. The molecule has 1 aliphatic rings. The van der Waals surface area contributed by atoms with Crippen LogP contribution in [0, 0.1) is 12.8 Å². The van der Waals surface area contributed by atoms with E-state index >= 15 is 0 Å². The van der Waals surface area contributed by atoms with Crippen molar-refractivity contribution >= 4 is 5.78 Å². The van der Waals surface area contributed by atoms with E-state index in [0.29, 0.717) is 0 Å². The Morgan fingerprint density at radius 1 is 1.31 bits per heavy atom. The molecule has 0 bridgehead atoms. The number of hydrogen-bond donors (Lipinski definition) is 1. The molecule has 0 spiro atoms. The predicted octanol–water partition coefficient (Wildman–Crippen LogP) is 2.70. The summed E-state index contributed by atoms with van der Waals surface area (Å²) in [6.45, 7) is 2.00. The molecule has 0 heterocycles. The second-order valence-corrected chi connectivity index (χ2v) is 4.80. The summed E-state index contributed by atoms with van der Waals surface area (Å²) in [7, 11) is 0. The second kappa shape index (κ2) is 4.79. The average molecular weight is 217 g/mol. The molecule has 2 unspecified atom stereocenters. The van der Waals surface area contributed by atoms with Crippen LogP contribution in [-0.2, 0) is 0 Å². The molecule has 2 N–H and O–H groups in total. The Morgan fingerprint density at radius 2 is 2.06 bits per heavy atom. The largest absolute Gasteiger partial charge is 0.328 e. The zero-order valence-corrected chi connectivity index (χ0v) is 9.78. The van der Waals surface area contributed by atoms with Crippen LogP contribution in [0.1, 0.15) is 41.6 Å². The van der Waals surface area contributed by atoms with Gasteiger partial charge in [0.15, 0.2) is 5.78 Å². The molecule has 1 aromatic carbocycles. The summed E-state index contributed by atoms with van der Waals surface area (Å²) in [6, 6.07) is 8.04. The van der Waals surface area contributed by atoms with Crippen molar-refractivity contribution in [3.63, 3.8) is 0 Å². The molecule has 16 heavy (non-hydrogen) atoms. The summed E-state index contributed by atoms with van der Waals surface area (Å²) in [5.41, 5.74) is 7.88. The molecule has 0 radical (unpaired) electrons. The van der Waals surface area contributed by atoms with Crippen molar-refractivity contribution in [1.29, 1.82) is 0 Å². The molecule has 0 aliphatic heterocycles. The SMILES string of the molecule is Cc1ccccc1C(=O)C1CCCC(N)C1. The highest BCUT2D eigenvalue weighted by molar-refractivity contribution is 5.99.